The van der Waals surface area contributed by atoms with E-state index >= 15 is 0 Å². The van der Waals surface area contributed by atoms with Crippen molar-refractivity contribution in [3.05, 3.63) is 176 Å². The number of hydrogen-bond acceptors (Lipinski definition) is 2. The van der Waals surface area contributed by atoms with Gasteiger partial charge in [-0.15, -0.1) is 0 Å². The van der Waals surface area contributed by atoms with Gasteiger partial charge in [0.05, 0.1) is 0 Å². The van der Waals surface area contributed by atoms with Crippen LogP contribution in [-0.2, 0) is 0 Å². The fourth-order valence-corrected chi connectivity index (χ4v) is 9.21. The molecule has 0 saturated carbocycles. The first kappa shape index (κ1) is 28.0. The Labute approximate surface area is 300 Å². The molecule has 0 bridgehead atoms. The molecule has 3 nitrogen and oxygen atoms in total. The highest BCUT2D eigenvalue weighted by Gasteiger charge is 2.44. The summed E-state index contributed by atoms with van der Waals surface area (Å²) in [7, 11) is 0. The second-order valence-corrected chi connectivity index (χ2v) is 14.0. The smallest absolute Gasteiger partial charge is 0.333 e. The minimum absolute atomic E-state index is 0.0446. The molecule has 12 rings (SSSR count). The van der Waals surface area contributed by atoms with Gasteiger partial charge in [-0.05, 0) is 87.3 Å². The molecule has 0 saturated heterocycles. The quantitative estimate of drug-likeness (QED) is 0.176. The first-order chi connectivity index (χ1) is 25.8. The molecule has 0 unspecified atom stereocenters. The van der Waals surface area contributed by atoms with E-state index < -0.39 is 0 Å². The van der Waals surface area contributed by atoms with Crippen molar-refractivity contribution in [3.63, 3.8) is 0 Å². The first-order valence-electron chi connectivity index (χ1n) is 18.0. The molecule has 2 aliphatic heterocycles. The Balaban J connectivity index is 1.31. The fourth-order valence-electron chi connectivity index (χ4n) is 9.21. The van der Waals surface area contributed by atoms with E-state index in [9.17, 15) is 0 Å². The van der Waals surface area contributed by atoms with Crippen molar-refractivity contribution < 1.29 is 4.42 Å². The number of nitrogens with zero attached hydrogens (tertiary/aromatic N) is 2. The SMILES string of the molecule is c1ccc(-c2ccc3c(c2)c2cc(-c4ccccc4)cc4c2n3B2c3ccccc3N(c3ccccc3)c3cc5oc6ccccc6c5c-4c32)cc1. The molecule has 10 aromatic rings. The maximum atomic E-state index is 6.78. The van der Waals surface area contributed by atoms with Gasteiger partial charge in [-0.25, -0.2) is 0 Å². The number of para-hydroxylation sites is 3. The minimum Gasteiger partial charge on any atom is -0.456 e. The van der Waals surface area contributed by atoms with Crippen LogP contribution in [0.4, 0.5) is 17.1 Å². The lowest BCUT2D eigenvalue weighted by atomic mass is 9.45. The maximum absolute atomic E-state index is 6.78. The van der Waals surface area contributed by atoms with Crippen LogP contribution in [0.5, 0.6) is 0 Å². The van der Waals surface area contributed by atoms with Crippen molar-refractivity contribution >= 4 is 78.6 Å². The van der Waals surface area contributed by atoms with Crippen molar-refractivity contribution in [1.82, 2.24) is 4.48 Å². The summed E-state index contributed by atoms with van der Waals surface area (Å²) in [5.74, 6) is 0. The van der Waals surface area contributed by atoms with Crippen LogP contribution in [0.1, 0.15) is 0 Å². The lowest BCUT2D eigenvalue weighted by molar-refractivity contribution is 0.669. The molecule has 4 heteroatoms. The van der Waals surface area contributed by atoms with E-state index in [1.165, 1.54) is 77.2 Å². The van der Waals surface area contributed by atoms with E-state index in [0.29, 0.717) is 0 Å². The Hall–Kier alpha value is -6.78. The number of fused-ring (bicyclic) bond motifs is 11. The lowest BCUT2D eigenvalue weighted by Gasteiger charge is -2.40. The Bertz CT molecular complexity index is 3070. The van der Waals surface area contributed by atoms with Crippen molar-refractivity contribution in [2.75, 3.05) is 4.90 Å². The average molecular weight is 661 g/mol. The van der Waals surface area contributed by atoms with Crippen molar-refractivity contribution in [2.45, 2.75) is 0 Å². The number of benzene rings is 8. The predicted octanol–water partition coefficient (Wildman–Crippen LogP) is 11.4. The molecule has 0 aliphatic carbocycles. The van der Waals surface area contributed by atoms with Gasteiger partial charge >= 0.3 is 6.85 Å². The van der Waals surface area contributed by atoms with Crippen LogP contribution < -0.4 is 15.8 Å². The standard InChI is InChI=1S/C48H29BN2O/c1-4-14-30(15-5-1)32-24-25-40-36(26-32)37-27-33(31-16-6-2-7-17-31)28-38-46-45-35-20-10-13-23-43(35)52-44(45)29-42-47(46)49(51(40)48(37)38)39-21-11-12-22-41(39)50(42)34-18-8-3-9-19-34/h1-29H. The van der Waals surface area contributed by atoms with Crippen LogP contribution in [0.3, 0.4) is 0 Å². The van der Waals surface area contributed by atoms with E-state index in [1.807, 2.05) is 0 Å². The molecule has 0 amide bonds. The summed E-state index contributed by atoms with van der Waals surface area (Å²) < 4.78 is 9.42. The van der Waals surface area contributed by atoms with E-state index in [-0.39, 0.29) is 6.85 Å². The average Bonchev–Trinajstić information content (AvgIpc) is 3.75. The molecule has 0 radical (unpaired) electrons. The summed E-state index contributed by atoms with van der Waals surface area (Å²) in [6.45, 7) is -0.0446. The third-order valence-corrected chi connectivity index (χ3v) is 11.3. The summed E-state index contributed by atoms with van der Waals surface area (Å²) in [4.78, 5) is 2.44. The topological polar surface area (TPSA) is 21.3 Å². The molecule has 2 aliphatic rings. The van der Waals surface area contributed by atoms with Crippen LogP contribution in [0.15, 0.2) is 180 Å². The van der Waals surface area contributed by atoms with Gasteiger partial charge in [0.1, 0.15) is 11.2 Å². The van der Waals surface area contributed by atoms with Gasteiger partial charge in [-0.3, -0.25) is 0 Å². The van der Waals surface area contributed by atoms with E-state index in [4.69, 9.17) is 4.42 Å². The minimum atomic E-state index is -0.0446. The summed E-state index contributed by atoms with van der Waals surface area (Å²) in [5, 5.41) is 4.86. The van der Waals surface area contributed by atoms with Crippen LogP contribution in [0.2, 0.25) is 0 Å². The largest absolute Gasteiger partial charge is 0.456 e. The van der Waals surface area contributed by atoms with Crippen molar-refractivity contribution in [2.24, 2.45) is 0 Å². The molecule has 52 heavy (non-hydrogen) atoms. The van der Waals surface area contributed by atoms with E-state index in [2.05, 4.69) is 185 Å². The Morgan fingerprint density at radius 1 is 0.462 bits per heavy atom. The normalized spacial score (nSPS) is 12.9. The number of aromatic nitrogens is 1. The second kappa shape index (κ2) is 10.4. The summed E-state index contributed by atoms with van der Waals surface area (Å²) in [6, 6.07) is 64.1. The molecule has 240 valence electrons. The van der Waals surface area contributed by atoms with Crippen LogP contribution in [-0.4, -0.2) is 11.3 Å². The van der Waals surface area contributed by atoms with E-state index in [1.54, 1.807) is 0 Å². The monoisotopic (exact) mass is 660 g/mol. The number of anilines is 3. The third kappa shape index (κ3) is 3.71. The van der Waals surface area contributed by atoms with Crippen LogP contribution in [0.25, 0.3) is 77.1 Å². The predicted molar refractivity (Wildman–Crippen MR) is 218 cm³/mol. The van der Waals surface area contributed by atoms with Gasteiger partial charge in [0.15, 0.2) is 0 Å². The molecule has 8 aromatic carbocycles. The molecule has 2 aromatic heterocycles. The highest BCUT2D eigenvalue weighted by atomic mass is 16.3. The Kier molecular flexibility index (Phi) is 5.58. The van der Waals surface area contributed by atoms with Gasteiger partial charge in [0.2, 0.25) is 0 Å². The van der Waals surface area contributed by atoms with Gasteiger partial charge in [0.25, 0.3) is 0 Å². The molecule has 0 atom stereocenters. The Morgan fingerprint density at radius 2 is 1.13 bits per heavy atom. The van der Waals surface area contributed by atoms with Crippen LogP contribution >= 0.6 is 0 Å². The lowest BCUT2D eigenvalue weighted by Crippen LogP contribution is -2.56. The van der Waals surface area contributed by atoms with Crippen molar-refractivity contribution in [3.8, 4) is 33.4 Å². The number of furan rings is 1. The molecular formula is C48H29BN2O. The van der Waals surface area contributed by atoms with E-state index in [0.717, 1.165) is 27.9 Å². The summed E-state index contributed by atoms with van der Waals surface area (Å²) in [6.07, 6.45) is 0. The summed E-state index contributed by atoms with van der Waals surface area (Å²) >= 11 is 0. The maximum Gasteiger partial charge on any atom is 0.333 e. The van der Waals surface area contributed by atoms with Crippen molar-refractivity contribution in [1.29, 1.82) is 0 Å². The zero-order valence-corrected chi connectivity index (χ0v) is 28.1. The Morgan fingerprint density at radius 3 is 1.94 bits per heavy atom. The summed E-state index contributed by atoms with van der Waals surface area (Å²) in [5.41, 5.74) is 17.8. The number of rotatable bonds is 3. The molecule has 4 heterocycles. The first-order valence-corrected chi connectivity index (χ1v) is 18.0. The zero-order chi connectivity index (χ0) is 33.9. The van der Waals surface area contributed by atoms with Gasteiger partial charge in [0, 0.05) is 61.3 Å². The second-order valence-electron chi connectivity index (χ2n) is 14.0. The zero-order valence-electron chi connectivity index (χ0n) is 28.1. The highest BCUT2D eigenvalue weighted by molar-refractivity contribution is 6.90. The van der Waals surface area contributed by atoms with Gasteiger partial charge < -0.3 is 13.8 Å². The molecule has 0 spiro atoms. The van der Waals surface area contributed by atoms with Gasteiger partial charge in [-0.1, -0.05) is 121 Å². The van der Waals surface area contributed by atoms with Crippen LogP contribution in [0, 0.1) is 0 Å². The molecule has 0 N–H and O–H groups in total. The fraction of sp³-hybridized carbons (Fsp3) is 0. The molecular weight excluding hydrogens is 631 g/mol. The molecule has 0 fully saturated rings. The number of hydrogen-bond donors (Lipinski definition) is 0. The highest BCUT2D eigenvalue weighted by Crippen LogP contribution is 2.50. The van der Waals surface area contributed by atoms with Gasteiger partial charge in [-0.2, -0.15) is 0 Å². The third-order valence-electron chi connectivity index (χ3n) is 11.3.